The molecule has 1 heteroatoms. The molecule has 1 rings (SSSR count). The molecule has 1 aliphatic carbocycles. The normalized spacial score (nSPS) is 18.8. The maximum atomic E-state index is 11.9. The molecule has 0 atom stereocenters. The van der Waals surface area contributed by atoms with Gasteiger partial charge in [0.05, 0.1) is 0 Å². The zero-order chi connectivity index (χ0) is 10.4. The Balaban J connectivity index is 2.32. The van der Waals surface area contributed by atoms with Crippen molar-refractivity contribution in [1.82, 2.24) is 0 Å². The van der Waals surface area contributed by atoms with Crippen LogP contribution >= 0.6 is 0 Å². The van der Waals surface area contributed by atoms with E-state index in [2.05, 4.69) is 13.8 Å². The SMILES string of the molecule is CCC(CC)CC(=O)C1CCCCC1. The van der Waals surface area contributed by atoms with Crippen molar-refractivity contribution >= 4 is 5.78 Å². The van der Waals surface area contributed by atoms with Crippen LogP contribution in [-0.4, -0.2) is 5.78 Å². The second kappa shape index (κ2) is 6.21. The molecule has 82 valence electrons. The summed E-state index contributed by atoms with van der Waals surface area (Å²) in [7, 11) is 0. The van der Waals surface area contributed by atoms with E-state index in [1.54, 1.807) is 0 Å². The highest BCUT2D eigenvalue weighted by atomic mass is 16.1. The van der Waals surface area contributed by atoms with Gasteiger partial charge in [0, 0.05) is 12.3 Å². The first-order valence-corrected chi connectivity index (χ1v) is 6.30. The predicted molar refractivity (Wildman–Crippen MR) is 60.3 cm³/mol. The Morgan fingerprint density at radius 1 is 1.14 bits per heavy atom. The first-order valence-electron chi connectivity index (χ1n) is 6.30. The summed E-state index contributed by atoms with van der Waals surface area (Å²) in [4.78, 5) is 11.9. The summed E-state index contributed by atoms with van der Waals surface area (Å²) in [6.07, 6.45) is 9.40. The van der Waals surface area contributed by atoms with E-state index in [1.807, 2.05) is 0 Å². The third-order valence-electron chi connectivity index (χ3n) is 3.71. The van der Waals surface area contributed by atoms with Crippen LogP contribution in [0.4, 0.5) is 0 Å². The first kappa shape index (κ1) is 11.7. The lowest BCUT2D eigenvalue weighted by molar-refractivity contribution is -0.124. The van der Waals surface area contributed by atoms with Crippen molar-refractivity contribution in [1.29, 1.82) is 0 Å². The highest BCUT2D eigenvalue weighted by molar-refractivity contribution is 5.81. The number of Topliss-reactive ketones (excluding diaryl/α,β-unsaturated/α-hetero) is 1. The summed E-state index contributed by atoms with van der Waals surface area (Å²) in [5, 5.41) is 0. The molecule has 1 nitrogen and oxygen atoms in total. The molecular formula is C13H24O. The molecule has 0 amide bonds. The van der Waals surface area contributed by atoms with Gasteiger partial charge in [0.2, 0.25) is 0 Å². The molecule has 0 aromatic carbocycles. The number of hydrogen-bond acceptors (Lipinski definition) is 1. The summed E-state index contributed by atoms with van der Waals surface area (Å²) in [6.45, 7) is 4.39. The van der Waals surface area contributed by atoms with E-state index in [0.717, 1.165) is 19.3 Å². The number of ketones is 1. The highest BCUT2D eigenvalue weighted by Crippen LogP contribution is 2.27. The molecule has 0 radical (unpaired) electrons. The summed E-state index contributed by atoms with van der Waals surface area (Å²) in [6, 6.07) is 0. The zero-order valence-corrected chi connectivity index (χ0v) is 9.72. The van der Waals surface area contributed by atoms with Crippen molar-refractivity contribution in [3.8, 4) is 0 Å². The van der Waals surface area contributed by atoms with Gasteiger partial charge in [-0.1, -0.05) is 46.0 Å². The average Bonchev–Trinajstić information content (AvgIpc) is 2.26. The van der Waals surface area contributed by atoms with Crippen LogP contribution in [-0.2, 0) is 4.79 Å². The van der Waals surface area contributed by atoms with Gasteiger partial charge in [0.1, 0.15) is 5.78 Å². The fourth-order valence-electron chi connectivity index (χ4n) is 2.45. The van der Waals surface area contributed by atoms with E-state index < -0.39 is 0 Å². The third kappa shape index (κ3) is 3.43. The molecule has 14 heavy (non-hydrogen) atoms. The van der Waals surface area contributed by atoms with Crippen LogP contribution in [0.3, 0.4) is 0 Å². The lowest BCUT2D eigenvalue weighted by atomic mass is 9.82. The van der Waals surface area contributed by atoms with E-state index in [4.69, 9.17) is 0 Å². The van der Waals surface area contributed by atoms with E-state index in [-0.39, 0.29) is 0 Å². The Morgan fingerprint density at radius 3 is 2.21 bits per heavy atom. The Kier molecular flexibility index (Phi) is 5.21. The molecule has 0 aromatic rings. The minimum atomic E-state index is 0.421. The Bertz CT molecular complexity index is 164. The fourth-order valence-corrected chi connectivity index (χ4v) is 2.45. The zero-order valence-electron chi connectivity index (χ0n) is 9.72. The molecule has 0 bridgehead atoms. The molecule has 1 saturated carbocycles. The molecule has 0 saturated heterocycles. The van der Waals surface area contributed by atoms with Gasteiger partial charge in [-0.15, -0.1) is 0 Å². The van der Waals surface area contributed by atoms with Crippen LogP contribution in [0, 0.1) is 11.8 Å². The standard InChI is InChI=1S/C13H24O/c1-3-11(4-2)10-13(14)12-8-6-5-7-9-12/h11-12H,3-10H2,1-2H3. The van der Waals surface area contributed by atoms with Gasteiger partial charge in [-0.3, -0.25) is 4.79 Å². The van der Waals surface area contributed by atoms with Gasteiger partial charge in [-0.2, -0.15) is 0 Å². The maximum Gasteiger partial charge on any atom is 0.136 e. The molecular weight excluding hydrogens is 172 g/mol. The van der Waals surface area contributed by atoms with Crippen molar-refractivity contribution in [3.63, 3.8) is 0 Å². The predicted octanol–water partition coefficient (Wildman–Crippen LogP) is 3.96. The van der Waals surface area contributed by atoms with E-state index in [0.29, 0.717) is 17.6 Å². The minimum Gasteiger partial charge on any atom is -0.299 e. The van der Waals surface area contributed by atoms with Crippen LogP contribution in [0.5, 0.6) is 0 Å². The summed E-state index contributed by atoms with van der Waals surface area (Å²) >= 11 is 0. The van der Waals surface area contributed by atoms with Gasteiger partial charge in [0.25, 0.3) is 0 Å². The second-order valence-corrected chi connectivity index (χ2v) is 4.69. The van der Waals surface area contributed by atoms with Gasteiger partial charge in [-0.05, 0) is 18.8 Å². The quantitative estimate of drug-likeness (QED) is 0.650. The molecule has 0 heterocycles. The lowest BCUT2D eigenvalue weighted by Gasteiger charge is -2.22. The summed E-state index contributed by atoms with van der Waals surface area (Å²) in [5.41, 5.74) is 0. The molecule has 1 fully saturated rings. The van der Waals surface area contributed by atoms with Crippen molar-refractivity contribution in [2.75, 3.05) is 0 Å². The number of rotatable bonds is 5. The largest absolute Gasteiger partial charge is 0.299 e. The Hall–Kier alpha value is -0.330. The smallest absolute Gasteiger partial charge is 0.136 e. The van der Waals surface area contributed by atoms with E-state index in [1.165, 1.54) is 32.1 Å². The minimum absolute atomic E-state index is 0.421. The summed E-state index contributed by atoms with van der Waals surface area (Å²) < 4.78 is 0. The second-order valence-electron chi connectivity index (χ2n) is 4.69. The Labute approximate surface area is 88.3 Å². The average molecular weight is 196 g/mol. The number of carbonyl (C=O) groups excluding carboxylic acids is 1. The van der Waals surface area contributed by atoms with Crippen molar-refractivity contribution in [2.24, 2.45) is 11.8 Å². The van der Waals surface area contributed by atoms with Gasteiger partial charge in [-0.25, -0.2) is 0 Å². The maximum absolute atomic E-state index is 11.9. The van der Waals surface area contributed by atoms with Crippen LogP contribution in [0.15, 0.2) is 0 Å². The Morgan fingerprint density at radius 2 is 1.71 bits per heavy atom. The van der Waals surface area contributed by atoms with E-state index in [9.17, 15) is 4.79 Å². The van der Waals surface area contributed by atoms with Gasteiger partial charge < -0.3 is 0 Å². The monoisotopic (exact) mass is 196 g/mol. The van der Waals surface area contributed by atoms with Crippen LogP contribution < -0.4 is 0 Å². The fraction of sp³-hybridized carbons (Fsp3) is 0.923. The number of hydrogen-bond donors (Lipinski definition) is 0. The van der Waals surface area contributed by atoms with Crippen LogP contribution in [0.25, 0.3) is 0 Å². The lowest BCUT2D eigenvalue weighted by Crippen LogP contribution is -2.20. The van der Waals surface area contributed by atoms with Gasteiger partial charge in [0.15, 0.2) is 0 Å². The van der Waals surface area contributed by atoms with Crippen molar-refractivity contribution < 1.29 is 4.79 Å². The molecule has 1 aliphatic rings. The van der Waals surface area contributed by atoms with Gasteiger partial charge >= 0.3 is 0 Å². The summed E-state index contributed by atoms with van der Waals surface area (Å²) in [5.74, 6) is 1.62. The molecule has 0 aliphatic heterocycles. The van der Waals surface area contributed by atoms with E-state index >= 15 is 0 Å². The topological polar surface area (TPSA) is 17.1 Å². The number of carbonyl (C=O) groups is 1. The van der Waals surface area contributed by atoms with Crippen LogP contribution in [0.1, 0.15) is 65.2 Å². The molecule has 0 N–H and O–H groups in total. The van der Waals surface area contributed by atoms with Crippen LogP contribution in [0.2, 0.25) is 0 Å². The highest BCUT2D eigenvalue weighted by Gasteiger charge is 2.22. The van der Waals surface area contributed by atoms with Crippen molar-refractivity contribution in [2.45, 2.75) is 65.2 Å². The third-order valence-corrected chi connectivity index (χ3v) is 3.71. The van der Waals surface area contributed by atoms with Crippen molar-refractivity contribution in [3.05, 3.63) is 0 Å². The molecule has 0 spiro atoms. The molecule has 0 aromatic heterocycles. The molecule has 0 unspecified atom stereocenters. The first-order chi connectivity index (χ1) is 6.77.